The maximum atomic E-state index is 11.0. The number of hydrogen-bond acceptors (Lipinski definition) is 2. The van der Waals surface area contributed by atoms with Crippen LogP contribution in [0.1, 0.15) is 51.7 Å². The third-order valence-corrected chi connectivity index (χ3v) is 4.91. The van der Waals surface area contributed by atoms with Gasteiger partial charge in [0.15, 0.2) is 0 Å². The standard InChI is InChI=1S/C20H31NO2/c1-15(14-21-11-9-17(10-12-21)19(22)23)13-16-5-7-18(8-6-16)20(2,3)4/h5-8,15,17H,9-14H2,1-4H3,(H,22,23). The Kier molecular flexibility index (Phi) is 5.85. The van der Waals surface area contributed by atoms with E-state index in [-0.39, 0.29) is 11.3 Å². The number of hydrogen-bond donors (Lipinski definition) is 1. The normalized spacial score (nSPS) is 18.8. The summed E-state index contributed by atoms with van der Waals surface area (Å²) in [5, 5.41) is 9.06. The van der Waals surface area contributed by atoms with E-state index in [1.54, 1.807) is 0 Å². The molecule has 1 aliphatic heterocycles. The molecule has 0 spiro atoms. The van der Waals surface area contributed by atoms with Gasteiger partial charge in [-0.1, -0.05) is 52.0 Å². The average molecular weight is 317 g/mol. The first-order valence-electron chi connectivity index (χ1n) is 8.80. The number of nitrogens with zero attached hydrogens (tertiary/aromatic N) is 1. The molecule has 1 aromatic rings. The maximum absolute atomic E-state index is 11.0. The third-order valence-electron chi connectivity index (χ3n) is 4.91. The van der Waals surface area contributed by atoms with Gasteiger partial charge >= 0.3 is 5.97 Å². The number of benzene rings is 1. The van der Waals surface area contributed by atoms with Crippen molar-refractivity contribution in [3.8, 4) is 0 Å². The minimum Gasteiger partial charge on any atom is -0.481 e. The van der Waals surface area contributed by atoms with Crippen LogP contribution < -0.4 is 0 Å². The highest BCUT2D eigenvalue weighted by atomic mass is 16.4. The molecule has 1 saturated heterocycles. The first-order valence-corrected chi connectivity index (χ1v) is 8.80. The second kappa shape index (κ2) is 7.48. The summed E-state index contributed by atoms with van der Waals surface area (Å²) in [6, 6.07) is 9.02. The van der Waals surface area contributed by atoms with Gasteiger partial charge in [0.2, 0.25) is 0 Å². The predicted octanol–water partition coefficient (Wildman–Crippen LogP) is 3.96. The van der Waals surface area contributed by atoms with Gasteiger partial charge in [-0.25, -0.2) is 0 Å². The van der Waals surface area contributed by atoms with Crippen molar-refractivity contribution < 1.29 is 9.90 Å². The summed E-state index contributed by atoms with van der Waals surface area (Å²) in [6.45, 7) is 11.9. The van der Waals surface area contributed by atoms with Crippen LogP contribution in [0.4, 0.5) is 0 Å². The van der Waals surface area contributed by atoms with Gasteiger partial charge in [0, 0.05) is 6.54 Å². The zero-order chi connectivity index (χ0) is 17.0. The molecule has 1 atom stereocenters. The molecule has 2 rings (SSSR count). The summed E-state index contributed by atoms with van der Waals surface area (Å²) < 4.78 is 0. The van der Waals surface area contributed by atoms with Crippen molar-refractivity contribution in [2.45, 2.75) is 52.4 Å². The first kappa shape index (κ1) is 18.0. The summed E-state index contributed by atoms with van der Waals surface area (Å²) >= 11 is 0. The molecule has 1 aromatic carbocycles. The smallest absolute Gasteiger partial charge is 0.306 e. The number of aliphatic carboxylic acids is 1. The van der Waals surface area contributed by atoms with Gasteiger partial charge in [0.1, 0.15) is 0 Å². The molecule has 0 aromatic heterocycles. The molecule has 0 amide bonds. The Balaban J connectivity index is 1.81. The fraction of sp³-hybridized carbons (Fsp3) is 0.650. The lowest BCUT2D eigenvalue weighted by atomic mass is 9.86. The van der Waals surface area contributed by atoms with Crippen LogP contribution >= 0.6 is 0 Å². The van der Waals surface area contributed by atoms with Gasteiger partial charge in [-0.15, -0.1) is 0 Å². The SMILES string of the molecule is CC(Cc1ccc(C(C)(C)C)cc1)CN1CCC(C(=O)O)CC1. The highest BCUT2D eigenvalue weighted by Crippen LogP contribution is 2.23. The number of carboxylic acid groups (broad SMARTS) is 1. The number of carboxylic acids is 1. The van der Waals surface area contributed by atoms with E-state index >= 15 is 0 Å². The van der Waals surface area contributed by atoms with Crippen LogP contribution in [-0.2, 0) is 16.6 Å². The van der Waals surface area contributed by atoms with Gasteiger partial charge in [-0.05, 0) is 54.8 Å². The number of rotatable bonds is 5. The van der Waals surface area contributed by atoms with E-state index in [1.807, 2.05) is 0 Å². The molecular formula is C20H31NO2. The Hall–Kier alpha value is -1.35. The second-order valence-corrected chi connectivity index (χ2v) is 8.17. The van der Waals surface area contributed by atoms with Crippen molar-refractivity contribution in [2.75, 3.05) is 19.6 Å². The Labute approximate surface area is 140 Å². The van der Waals surface area contributed by atoms with Gasteiger partial charge in [-0.2, -0.15) is 0 Å². The lowest BCUT2D eigenvalue weighted by Crippen LogP contribution is -2.38. The lowest BCUT2D eigenvalue weighted by molar-refractivity contribution is -0.143. The van der Waals surface area contributed by atoms with E-state index in [9.17, 15) is 4.79 Å². The van der Waals surface area contributed by atoms with E-state index in [0.717, 1.165) is 38.9 Å². The number of carbonyl (C=O) groups is 1. The second-order valence-electron chi connectivity index (χ2n) is 8.17. The number of piperidine rings is 1. The third kappa shape index (κ3) is 5.35. The topological polar surface area (TPSA) is 40.5 Å². The van der Waals surface area contributed by atoms with Crippen molar-refractivity contribution in [1.29, 1.82) is 0 Å². The molecule has 1 fully saturated rings. The minimum absolute atomic E-state index is 0.133. The zero-order valence-electron chi connectivity index (χ0n) is 15.0. The van der Waals surface area contributed by atoms with Crippen LogP contribution in [0.5, 0.6) is 0 Å². The van der Waals surface area contributed by atoms with Crippen molar-refractivity contribution >= 4 is 5.97 Å². The Morgan fingerprint density at radius 3 is 2.26 bits per heavy atom. The Bertz CT molecular complexity index is 507. The Morgan fingerprint density at radius 2 is 1.78 bits per heavy atom. The zero-order valence-corrected chi connectivity index (χ0v) is 15.0. The monoisotopic (exact) mass is 317 g/mol. The number of likely N-dealkylation sites (tertiary alicyclic amines) is 1. The largest absolute Gasteiger partial charge is 0.481 e. The molecule has 3 nitrogen and oxygen atoms in total. The highest BCUT2D eigenvalue weighted by Gasteiger charge is 2.25. The van der Waals surface area contributed by atoms with Crippen molar-refractivity contribution in [3.63, 3.8) is 0 Å². The van der Waals surface area contributed by atoms with E-state index in [0.29, 0.717) is 5.92 Å². The van der Waals surface area contributed by atoms with Crippen molar-refractivity contribution in [1.82, 2.24) is 4.90 Å². The lowest BCUT2D eigenvalue weighted by Gasteiger charge is -2.32. The average Bonchev–Trinajstić information content (AvgIpc) is 2.47. The van der Waals surface area contributed by atoms with Gasteiger partial charge in [-0.3, -0.25) is 4.79 Å². The molecule has 0 saturated carbocycles. The van der Waals surface area contributed by atoms with E-state index < -0.39 is 5.97 Å². The summed E-state index contributed by atoms with van der Waals surface area (Å²) in [4.78, 5) is 13.4. The van der Waals surface area contributed by atoms with Gasteiger partial charge in [0.05, 0.1) is 5.92 Å². The summed E-state index contributed by atoms with van der Waals surface area (Å²) in [7, 11) is 0. The molecule has 1 unspecified atom stereocenters. The van der Waals surface area contributed by atoms with E-state index in [1.165, 1.54) is 11.1 Å². The van der Waals surface area contributed by atoms with Gasteiger partial charge in [0.25, 0.3) is 0 Å². The van der Waals surface area contributed by atoms with Crippen LogP contribution in [0.25, 0.3) is 0 Å². The molecule has 0 bridgehead atoms. The highest BCUT2D eigenvalue weighted by molar-refractivity contribution is 5.70. The van der Waals surface area contributed by atoms with Crippen molar-refractivity contribution in [3.05, 3.63) is 35.4 Å². The molecule has 3 heteroatoms. The molecule has 1 aliphatic rings. The van der Waals surface area contributed by atoms with E-state index in [2.05, 4.69) is 56.9 Å². The fourth-order valence-corrected chi connectivity index (χ4v) is 3.41. The summed E-state index contributed by atoms with van der Waals surface area (Å²) in [6.07, 6.45) is 2.67. The van der Waals surface area contributed by atoms with Crippen LogP contribution in [0, 0.1) is 11.8 Å². The summed E-state index contributed by atoms with van der Waals surface area (Å²) in [5.41, 5.74) is 2.98. The molecule has 1 heterocycles. The minimum atomic E-state index is -0.628. The molecule has 1 N–H and O–H groups in total. The molecular weight excluding hydrogens is 286 g/mol. The summed E-state index contributed by atoms with van der Waals surface area (Å²) in [5.74, 6) is -0.167. The van der Waals surface area contributed by atoms with Gasteiger partial charge < -0.3 is 10.0 Å². The van der Waals surface area contributed by atoms with Crippen LogP contribution in [0.15, 0.2) is 24.3 Å². The fourth-order valence-electron chi connectivity index (χ4n) is 3.41. The van der Waals surface area contributed by atoms with Crippen molar-refractivity contribution in [2.24, 2.45) is 11.8 Å². The molecule has 23 heavy (non-hydrogen) atoms. The van der Waals surface area contributed by atoms with Crippen LogP contribution in [0.2, 0.25) is 0 Å². The molecule has 0 aliphatic carbocycles. The quantitative estimate of drug-likeness (QED) is 0.893. The van der Waals surface area contributed by atoms with Crippen LogP contribution in [0.3, 0.4) is 0 Å². The van der Waals surface area contributed by atoms with Crippen LogP contribution in [-0.4, -0.2) is 35.6 Å². The maximum Gasteiger partial charge on any atom is 0.306 e. The molecule has 128 valence electrons. The predicted molar refractivity (Wildman–Crippen MR) is 94.8 cm³/mol. The first-order chi connectivity index (χ1) is 10.8. The van der Waals surface area contributed by atoms with E-state index in [4.69, 9.17) is 5.11 Å². The molecule has 0 radical (unpaired) electrons. The Morgan fingerprint density at radius 1 is 1.22 bits per heavy atom.